The van der Waals surface area contributed by atoms with E-state index in [1.54, 1.807) is 0 Å². The van der Waals surface area contributed by atoms with E-state index >= 15 is 0 Å². The molecule has 5 heteroatoms. The summed E-state index contributed by atoms with van der Waals surface area (Å²) in [7, 11) is 0. The maximum Gasteiger partial charge on any atom is 0.249 e. The van der Waals surface area contributed by atoms with Gasteiger partial charge in [-0.25, -0.2) is 0 Å². The number of rotatable bonds is 3. The van der Waals surface area contributed by atoms with Crippen molar-refractivity contribution in [3.63, 3.8) is 0 Å². The molecule has 0 saturated carbocycles. The summed E-state index contributed by atoms with van der Waals surface area (Å²) in [5, 5.41) is 6.04. The van der Waals surface area contributed by atoms with Gasteiger partial charge in [0, 0.05) is 6.54 Å². The Labute approximate surface area is 101 Å². The van der Waals surface area contributed by atoms with Crippen molar-refractivity contribution in [1.29, 1.82) is 0 Å². The van der Waals surface area contributed by atoms with Gasteiger partial charge in [-0.05, 0) is 29.8 Å². The molecule has 2 aliphatic rings. The molecular formula is C11H19N3OS. The number of hydrogen-bond acceptors (Lipinski definition) is 3. The van der Waals surface area contributed by atoms with E-state index in [9.17, 15) is 4.79 Å². The molecule has 0 aromatic heterocycles. The molecule has 2 fully saturated rings. The standard InChI is InChI=1S/C11H19N3OS/c1-7(2)5-12-11-13-9(10(15)14-11)8-3-4-16-6-8/h7-9H,3-6H2,1-2H3,(H2,12,13,14,15). The highest BCUT2D eigenvalue weighted by Crippen LogP contribution is 2.27. The van der Waals surface area contributed by atoms with Gasteiger partial charge in [0.15, 0.2) is 5.96 Å². The molecule has 2 heterocycles. The predicted molar refractivity (Wildman–Crippen MR) is 67.6 cm³/mol. The first-order chi connectivity index (χ1) is 7.66. The van der Waals surface area contributed by atoms with Gasteiger partial charge in [0.05, 0.1) is 0 Å². The number of aliphatic imine (C=N–C) groups is 1. The van der Waals surface area contributed by atoms with E-state index in [1.807, 2.05) is 11.8 Å². The molecular weight excluding hydrogens is 222 g/mol. The first kappa shape index (κ1) is 11.8. The van der Waals surface area contributed by atoms with Crippen molar-refractivity contribution < 1.29 is 4.79 Å². The highest BCUT2D eigenvalue weighted by atomic mass is 32.2. The normalized spacial score (nSPS) is 32.2. The summed E-state index contributed by atoms with van der Waals surface area (Å²) in [6.07, 6.45) is 1.13. The Morgan fingerprint density at radius 3 is 3.00 bits per heavy atom. The second-order valence-electron chi connectivity index (χ2n) is 4.82. The summed E-state index contributed by atoms with van der Waals surface area (Å²) >= 11 is 1.93. The maximum absolute atomic E-state index is 11.8. The number of thioether (sulfide) groups is 1. The van der Waals surface area contributed by atoms with Crippen LogP contribution in [0.15, 0.2) is 4.99 Å². The van der Waals surface area contributed by atoms with Crippen molar-refractivity contribution in [1.82, 2.24) is 10.6 Å². The van der Waals surface area contributed by atoms with Gasteiger partial charge in [-0.3, -0.25) is 15.1 Å². The van der Waals surface area contributed by atoms with Crippen molar-refractivity contribution in [3.05, 3.63) is 0 Å². The number of carbonyl (C=O) groups excluding carboxylic acids is 1. The largest absolute Gasteiger partial charge is 0.344 e. The SMILES string of the molecule is CC(C)CN=C1NC(=O)C(C2CCSC2)N1. The van der Waals surface area contributed by atoms with Gasteiger partial charge < -0.3 is 5.32 Å². The summed E-state index contributed by atoms with van der Waals surface area (Å²) in [6.45, 7) is 4.99. The molecule has 2 saturated heterocycles. The number of carbonyl (C=O) groups is 1. The lowest BCUT2D eigenvalue weighted by molar-refractivity contribution is -0.121. The molecule has 1 amide bonds. The van der Waals surface area contributed by atoms with E-state index in [1.165, 1.54) is 5.75 Å². The minimum Gasteiger partial charge on any atom is -0.344 e. The Morgan fingerprint density at radius 1 is 1.56 bits per heavy atom. The zero-order valence-electron chi connectivity index (χ0n) is 9.82. The quantitative estimate of drug-likeness (QED) is 0.770. The van der Waals surface area contributed by atoms with Crippen LogP contribution in [0.1, 0.15) is 20.3 Å². The van der Waals surface area contributed by atoms with Crippen LogP contribution < -0.4 is 10.6 Å². The monoisotopic (exact) mass is 241 g/mol. The van der Waals surface area contributed by atoms with Crippen LogP contribution in [0.5, 0.6) is 0 Å². The van der Waals surface area contributed by atoms with Crippen molar-refractivity contribution in [2.24, 2.45) is 16.8 Å². The molecule has 2 rings (SSSR count). The fourth-order valence-electron chi connectivity index (χ4n) is 1.95. The Bertz CT molecular complexity index is 298. The van der Waals surface area contributed by atoms with E-state index in [0.717, 1.165) is 18.7 Å². The summed E-state index contributed by atoms with van der Waals surface area (Å²) in [4.78, 5) is 16.1. The first-order valence-corrected chi connectivity index (χ1v) is 7.02. The lowest BCUT2D eigenvalue weighted by Crippen LogP contribution is -2.37. The lowest BCUT2D eigenvalue weighted by atomic mass is 10.00. The molecule has 0 bridgehead atoms. The first-order valence-electron chi connectivity index (χ1n) is 5.86. The number of nitrogens with one attached hydrogen (secondary N) is 2. The van der Waals surface area contributed by atoms with Crippen molar-refractivity contribution in [2.45, 2.75) is 26.3 Å². The minimum atomic E-state index is -0.0547. The molecule has 4 nitrogen and oxygen atoms in total. The number of amides is 1. The molecule has 0 aliphatic carbocycles. The average Bonchev–Trinajstić information content (AvgIpc) is 2.83. The van der Waals surface area contributed by atoms with Gasteiger partial charge in [-0.15, -0.1) is 0 Å². The van der Waals surface area contributed by atoms with E-state index in [0.29, 0.717) is 17.8 Å². The molecule has 2 atom stereocenters. The average molecular weight is 241 g/mol. The van der Waals surface area contributed by atoms with Crippen LogP contribution in [0.4, 0.5) is 0 Å². The minimum absolute atomic E-state index is 0.0547. The van der Waals surface area contributed by atoms with Crippen LogP contribution in [-0.4, -0.2) is 36.0 Å². The Morgan fingerprint density at radius 2 is 2.38 bits per heavy atom. The number of guanidine groups is 1. The Balaban J connectivity index is 1.93. The maximum atomic E-state index is 11.8. The lowest BCUT2D eigenvalue weighted by Gasteiger charge is -2.14. The molecule has 0 spiro atoms. The van der Waals surface area contributed by atoms with Crippen molar-refractivity contribution in [2.75, 3.05) is 18.1 Å². The highest BCUT2D eigenvalue weighted by molar-refractivity contribution is 7.99. The van der Waals surface area contributed by atoms with Gasteiger partial charge in [0.25, 0.3) is 0 Å². The molecule has 0 aromatic rings. The fraction of sp³-hybridized carbons (Fsp3) is 0.818. The topological polar surface area (TPSA) is 53.5 Å². The van der Waals surface area contributed by atoms with Crippen LogP contribution in [-0.2, 0) is 4.79 Å². The molecule has 2 unspecified atom stereocenters. The van der Waals surface area contributed by atoms with Crippen LogP contribution in [0.25, 0.3) is 0 Å². The van der Waals surface area contributed by atoms with Crippen LogP contribution in [0.2, 0.25) is 0 Å². The van der Waals surface area contributed by atoms with E-state index in [4.69, 9.17) is 0 Å². The third-order valence-corrected chi connectivity index (χ3v) is 4.06. The van der Waals surface area contributed by atoms with E-state index in [-0.39, 0.29) is 11.9 Å². The van der Waals surface area contributed by atoms with Gasteiger partial charge in [-0.1, -0.05) is 13.8 Å². The van der Waals surface area contributed by atoms with E-state index < -0.39 is 0 Å². The predicted octanol–water partition coefficient (Wildman–Crippen LogP) is 0.839. The van der Waals surface area contributed by atoms with Crippen LogP contribution in [0, 0.1) is 11.8 Å². The number of hydrogen-bond donors (Lipinski definition) is 2. The van der Waals surface area contributed by atoms with Gasteiger partial charge in [0.2, 0.25) is 5.91 Å². The van der Waals surface area contributed by atoms with Crippen molar-refractivity contribution >= 4 is 23.6 Å². The van der Waals surface area contributed by atoms with Gasteiger partial charge in [0.1, 0.15) is 6.04 Å². The molecule has 2 aliphatic heterocycles. The van der Waals surface area contributed by atoms with E-state index in [2.05, 4.69) is 29.5 Å². The second kappa shape index (κ2) is 5.08. The Hall–Kier alpha value is -0.710. The van der Waals surface area contributed by atoms with Gasteiger partial charge in [-0.2, -0.15) is 11.8 Å². The third-order valence-electron chi connectivity index (χ3n) is 2.87. The Kier molecular flexibility index (Phi) is 3.74. The van der Waals surface area contributed by atoms with Gasteiger partial charge >= 0.3 is 0 Å². The smallest absolute Gasteiger partial charge is 0.249 e. The summed E-state index contributed by atoms with van der Waals surface area (Å²) in [5.41, 5.74) is 0. The number of nitrogens with zero attached hydrogens (tertiary/aromatic N) is 1. The molecule has 2 N–H and O–H groups in total. The zero-order chi connectivity index (χ0) is 11.5. The third kappa shape index (κ3) is 2.70. The molecule has 0 aromatic carbocycles. The molecule has 0 radical (unpaired) electrons. The van der Waals surface area contributed by atoms with Crippen LogP contribution >= 0.6 is 11.8 Å². The summed E-state index contributed by atoms with van der Waals surface area (Å²) in [6, 6.07) is -0.0547. The highest BCUT2D eigenvalue weighted by Gasteiger charge is 2.36. The second-order valence-corrected chi connectivity index (χ2v) is 5.97. The summed E-state index contributed by atoms with van der Waals surface area (Å²) < 4.78 is 0. The fourth-order valence-corrected chi connectivity index (χ4v) is 3.25. The zero-order valence-corrected chi connectivity index (χ0v) is 10.6. The van der Waals surface area contributed by atoms with Crippen LogP contribution in [0.3, 0.4) is 0 Å². The molecule has 16 heavy (non-hydrogen) atoms. The van der Waals surface area contributed by atoms with Crippen molar-refractivity contribution in [3.8, 4) is 0 Å². The summed E-state index contributed by atoms with van der Waals surface area (Å²) in [5.74, 6) is 4.01. The molecule has 90 valence electrons.